The second-order valence-electron chi connectivity index (χ2n) is 5.41. The number of carboxylic acids is 1. The molecular weight excluding hydrogens is 256 g/mol. The van der Waals surface area contributed by atoms with E-state index in [1.807, 2.05) is 17.7 Å². The average molecular weight is 274 g/mol. The molecule has 0 spiro atoms. The molecule has 6 nitrogen and oxygen atoms in total. The molecule has 0 saturated heterocycles. The van der Waals surface area contributed by atoms with Crippen LogP contribution in [0.5, 0.6) is 0 Å². The van der Waals surface area contributed by atoms with Crippen molar-refractivity contribution in [2.45, 2.75) is 31.7 Å². The van der Waals surface area contributed by atoms with Crippen molar-refractivity contribution in [1.82, 2.24) is 14.5 Å². The summed E-state index contributed by atoms with van der Waals surface area (Å²) >= 11 is 0. The lowest BCUT2D eigenvalue weighted by molar-refractivity contribution is -0.142. The van der Waals surface area contributed by atoms with Gasteiger partial charge in [-0.2, -0.15) is 0 Å². The molecular formula is C14H18N4O2. The second-order valence-corrected chi connectivity index (χ2v) is 5.41. The van der Waals surface area contributed by atoms with Crippen LogP contribution in [0.2, 0.25) is 0 Å². The van der Waals surface area contributed by atoms with Gasteiger partial charge < -0.3 is 15.0 Å². The van der Waals surface area contributed by atoms with E-state index in [-0.39, 0.29) is 12.0 Å². The Balaban J connectivity index is 1.73. The number of rotatable bonds is 3. The van der Waals surface area contributed by atoms with Gasteiger partial charge in [-0.25, -0.2) is 9.97 Å². The van der Waals surface area contributed by atoms with Crippen LogP contribution in [0.1, 0.15) is 25.7 Å². The molecule has 3 rings (SSSR count). The van der Waals surface area contributed by atoms with E-state index in [2.05, 4.69) is 15.3 Å². The normalized spacial score (nSPS) is 22.9. The Morgan fingerprint density at radius 1 is 1.35 bits per heavy atom. The summed E-state index contributed by atoms with van der Waals surface area (Å²) in [5.74, 6) is -0.0677. The van der Waals surface area contributed by atoms with Gasteiger partial charge in [0.1, 0.15) is 5.52 Å². The maximum absolute atomic E-state index is 11.0. The number of carbonyl (C=O) groups is 1. The van der Waals surface area contributed by atoms with Crippen LogP contribution in [0.15, 0.2) is 18.6 Å². The summed E-state index contributed by atoms with van der Waals surface area (Å²) in [5.41, 5.74) is 1.91. The summed E-state index contributed by atoms with van der Waals surface area (Å²) in [5, 5.41) is 12.4. The van der Waals surface area contributed by atoms with Crippen molar-refractivity contribution < 1.29 is 9.90 Å². The Morgan fingerprint density at radius 2 is 2.10 bits per heavy atom. The summed E-state index contributed by atoms with van der Waals surface area (Å²) in [7, 11) is 1.96. The molecule has 0 unspecified atom stereocenters. The molecule has 2 aromatic heterocycles. The first-order valence-electron chi connectivity index (χ1n) is 6.90. The molecule has 0 amide bonds. The summed E-state index contributed by atoms with van der Waals surface area (Å²) in [6.45, 7) is 0. The number of fused-ring (bicyclic) bond motifs is 1. The molecule has 0 bridgehead atoms. The first-order valence-corrected chi connectivity index (χ1v) is 6.90. The Kier molecular flexibility index (Phi) is 3.30. The number of hydrogen-bond acceptors (Lipinski definition) is 4. The standard InChI is InChI=1S/C14H18N4O2/c1-18-8-16-12-11(18)6-7-15-13(12)17-10-4-2-9(3-5-10)14(19)20/h6-10H,2-5H2,1H3,(H,15,17)(H,19,20). The van der Waals surface area contributed by atoms with Gasteiger partial charge in [-0.05, 0) is 31.7 Å². The number of nitrogens with zero attached hydrogens (tertiary/aromatic N) is 3. The molecule has 0 aromatic carbocycles. The number of aromatic nitrogens is 3. The zero-order valence-corrected chi connectivity index (χ0v) is 11.4. The molecule has 1 saturated carbocycles. The zero-order chi connectivity index (χ0) is 14.1. The van der Waals surface area contributed by atoms with Crippen molar-refractivity contribution in [2.24, 2.45) is 13.0 Å². The van der Waals surface area contributed by atoms with Gasteiger partial charge in [0, 0.05) is 19.3 Å². The van der Waals surface area contributed by atoms with Crippen molar-refractivity contribution in [2.75, 3.05) is 5.32 Å². The highest BCUT2D eigenvalue weighted by atomic mass is 16.4. The fourth-order valence-corrected chi connectivity index (χ4v) is 2.85. The quantitative estimate of drug-likeness (QED) is 0.895. The maximum atomic E-state index is 11.0. The lowest BCUT2D eigenvalue weighted by Gasteiger charge is -2.27. The van der Waals surface area contributed by atoms with Crippen LogP contribution in [0, 0.1) is 5.92 Å². The van der Waals surface area contributed by atoms with Crippen molar-refractivity contribution >= 4 is 22.8 Å². The molecule has 0 atom stereocenters. The van der Waals surface area contributed by atoms with E-state index in [1.165, 1.54) is 0 Å². The van der Waals surface area contributed by atoms with Crippen molar-refractivity contribution in [3.05, 3.63) is 18.6 Å². The minimum atomic E-state index is -0.673. The number of hydrogen-bond donors (Lipinski definition) is 2. The van der Waals surface area contributed by atoms with Crippen LogP contribution in [-0.4, -0.2) is 31.7 Å². The first-order chi connectivity index (χ1) is 9.65. The number of imidazole rings is 1. The fourth-order valence-electron chi connectivity index (χ4n) is 2.85. The van der Waals surface area contributed by atoms with Gasteiger partial charge in [-0.3, -0.25) is 4.79 Å². The highest BCUT2D eigenvalue weighted by Crippen LogP contribution is 2.28. The summed E-state index contributed by atoms with van der Waals surface area (Å²) < 4.78 is 1.96. The molecule has 1 aliphatic carbocycles. The molecule has 0 aliphatic heterocycles. The number of aliphatic carboxylic acids is 1. The molecule has 6 heteroatoms. The maximum Gasteiger partial charge on any atom is 0.306 e. The highest BCUT2D eigenvalue weighted by Gasteiger charge is 2.26. The Bertz CT molecular complexity index is 629. The Morgan fingerprint density at radius 3 is 2.80 bits per heavy atom. The highest BCUT2D eigenvalue weighted by molar-refractivity contribution is 5.85. The van der Waals surface area contributed by atoms with Gasteiger partial charge in [0.2, 0.25) is 0 Å². The van der Waals surface area contributed by atoms with Crippen LogP contribution >= 0.6 is 0 Å². The smallest absolute Gasteiger partial charge is 0.306 e. The summed E-state index contributed by atoms with van der Waals surface area (Å²) in [6.07, 6.45) is 6.73. The zero-order valence-electron chi connectivity index (χ0n) is 11.4. The number of pyridine rings is 1. The van der Waals surface area contributed by atoms with Crippen LogP contribution in [0.4, 0.5) is 5.82 Å². The molecule has 20 heavy (non-hydrogen) atoms. The van der Waals surface area contributed by atoms with Gasteiger partial charge in [0.15, 0.2) is 5.82 Å². The fraction of sp³-hybridized carbons (Fsp3) is 0.500. The lowest BCUT2D eigenvalue weighted by atomic mass is 9.86. The molecule has 2 N–H and O–H groups in total. The molecule has 0 radical (unpaired) electrons. The van der Waals surface area contributed by atoms with Crippen LogP contribution in [0.3, 0.4) is 0 Å². The number of aryl methyl sites for hydroxylation is 1. The third-order valence-electron chi connectivity index (χ3n) is 4.06. The van der Waals surface area contributed by atoms with Gasteiger partial charge >= 0.3 is 5.97 Å². The van der Waals surface area contributed by atoms with Crippen molar-refractivity contribution in [3.63, 3.8) is 0 Å². The van der Waals surface area contributed by atoms with E-state index in [0.717, 1.165) is 42.5 Å². The van der Waals surface area contributed by atoms with E-state index >= 15 is 0 Å². The molecule has 1 fully saturated rings. The summed E-state index contributed by atoms with van der Waals surface area (Å²) in [4.78, 5) is 19.7. The van der Waals surface area contributed by atoms with E-state index in [9.17, 15) is 4.79 Å². The predicted octanol–water partition coefficient (Wildman–Crippen LogP) is 2.02. The van der Waals surface area contributed by atoms with Crippen LogP contribution in [0.25, 0.3) is 11.0 Å². The van der Waals surface area contributed by atoms with Crippen LogP contribution < -0.4 is 5.32 Å². The topological polar surface area (TPSA) is 80.0 Å². The summed E-state index contributed by atoms with van der Waals surface area (Å²) in [6, 6.07) is 2.22. The molecule has 2 aromatic rings. The Hall–Kier alpha value is -2.11. The number of carboxylic acid groups (broad SMARTS) is 1. The average Bonchev–Trinajstić information content (AvgIpc) is 2.82. The third kappa shape index (κ3) is 2.33. The van der Waals surface area contributed by atoms with Crippen LogP contribution in [-0.2, 0) is 11.8 Å². The minimum absolute atomic E-state index is 0.188. The third-order valence-corrected chi connectivity index (χ3v) is 4.06. The van der Waals surface area contributed by atoms with Gasteiger partial charge in [0.05, 0.1) is 17.8 Å². The van der Waals surface area contributed by atoms with Crippen molar-refractivity contribution in [3.8, 4) is 0 Å². The Labute approximate surface area is 116 Å². The van der Waals surface area contributed by atoms with Crippen molar-refractivity contribution in [1.29, 1.82) is 0 Å². The van der Waals surface area contributed by atoms with E-state index < -0.39 is 5.97 Å². The molecule has 106 valence electrons. The lowest BCUT2D eigenvalue weighted by Crippen LogP contribution is -2.29. The molecule has 1 aliphatic rings. The monoisotopic (exact) mass is 274 g/mol. The largest absolute Gasteiger partial charge is 0.481 e. The van der Waals surface area contributed by atoms with Gasteiger partial charge in [-0.15, -0.1) is 0 Å². The SMILES string of the molecule is Cn1cnc2c(NC3CCC(C(=O)O)CC3)nccc21. The van der Waals surface area contributed by atoms with Gasteiger partial charge in [-0.1, -0.05) is 0 Å². The number of anilines is 1. The predicted molar refractivity (Wildman–Crippen MR) is 75.5 cm³/mol. The number of nitrogens with one attached hydrogen (secondary N) is 1. The second kappa shape index (κ2) is 5.11. The minimum Gasteiger partial charge on any atom is -0.481 e. The van der Waals surface area contributed by atoms with E-state index in [1.54, 1.807) is 12.5 Å². The van der Waals surface area contributed by atoms with E-state index in [0.29, 0.717) is 0 Å². The molecule has 2 heterocycles. The first kappa shape index (κ1) is 12.9. The van der Waals surface area contributed by atoms with Gasteiger partial charge in [0.25, 0.3) is 0 Å². The van der Waals surface area contributed by atoms with E-state index in [4.69, 9.17) is 5.11 Å².